The number of methoxy groups -OCH3 is 1. The number of carbonyl (C=O) groups excluding carboxylic acids is 2. The van der Waals surface area contributed by atoms with Crippen molar-refractivity contribution in [1.82, 2.24) is 25.6 Å². The summed E-state index contributed by atoms with van der Waals surface area (Å²) in [5, 5.41) is 6.94. The van der Waals surface area contributed by atoms with Crippen LogP contribution in [0.5, 0.6) is 11.5 Å². The Morgan fingerprint density at radius 1 is 1.15 bits per heavy atom. The molecule has 2 aromatic carbocycles. The molecule has 9 nitrogen and oxygen atoms in total. The maximum atomic E-state index is 12.5. The Hall–Kier alpha value is -3.66. The number of benzene rings is 2. The molecular weight excluding hydrogens is 442 g/mol. The number of hydrazine groups is 1. The van der Waals surface area contributed by atoms with Gasteiger partial charge in [0.15, 0.2) is 22.1 Å². The minimum Gasteiger partial charge on any atom is -0.493 e. The molecule has 10 heteroatoms. The van der Waals surface area contributed by atoms with Gasteiger partial charge in [0.25, 0.3) is 11.8 Å². The third-order valence-electron chi connectivity index (χ3n) is 4.83. The third kappa shape index (κ3) is 6.19. The van der Waals surface area contributed by atoms with Crippen LogP contribution >= 0.6 is 12.2 Å². The van der Waals surface area contributed by atoms with Gasteiger partial charge in [0.2, 0.25) is 0 Å². The second-order valence-corrected chi connectivity index (χ2v) is 7.76. The van der Waals surface area contributed by atoms with Crippen LogP contribution in [0.15, 0.2) is 42.5 Å². The van der Waals surface area contributed by atoms with Crippen molar-refractivity contribution in [3.63, 3.8) is 0 Å². The van der Waals surface area contributed by atoms with E-state index in [1.807, 2.05) is 31.2 Å². The summed E-state index contributed by atoms with van der Waals surface area (Å²) in [4.78, 5) is 25.0. The van der Waals surface area contributed by atoms with Gasteiger partial charge in [0.05, 0.1) is 13.7 Å². The van der Waals surface area contributed by atoms with Gasteiger partial charge in [-0.3, -0.25) is 30.1 Å². The molecule has 1 aromatic heterocycles. The summed E-state index contributed by atoms with van der Waals surface area (Å²) in [6.45, 7) is 4.49. The summed E-state index contributed by atoms with van der Waals surface area (Å²) < 4.78 is 12.9. The van der Waals surface area contributed by atoms with Crippen LogP contribution in [-0.2, 0) is 11.3 Å². The first-order valence-corrected chi connectivity index (χ1v) is 11.0. The van der Waals surface area contributed by atoms with E-state index >= 15 is 0 Å². The van der Waals surface area contributed by atoms with Gasteiger partial charge in [-0.1, -0.05) is 37.1 Å². The molecule has 0 saturated carbocycles. The Morgan fingerprint density at radius 3 is 2.70 bits per heavy atom. The molecule has 3 N–H and O–H groups in total. The maximum absolute atomic E-state index is 12.5. The number of rotatable bonds is 9. The van der Waals surface area contributed by atoms with Crippen molar-refractivity contribution in [3.8, 4) is 22.9 Å². The third-order valence-corrected chi connectivity index (χ3v) is 5.14. The minimum atomic E-state index is -0.489. The first kappa shape index (κ1) is 24.0. The molecule has 0 spiro atoms. The number of aromatic amines is 1. The molecule has 0 atom stereocenters. The van der Waals surface area contributed by atoms with E-state index in [9.17, 15) is 9.59 Å². The standard InChI is InChI=1S/C23H27N5O4S/c1-4-5-11-32-18-10-9-17(13-19(18)31-3)22(30)26-24-20(29)14-28-21(25-27-23(28)33)16-8-6-7-15(2)12-16/h6-10,12-13H,4-5,11,14H2,1-3H3,(H,24,29)(H,26,30)(H,27,33). The van der Waals surface area contributed by atoms with Crippen LogP contribution in [0, 0.1) is 11.7 Å². The van der Waals surface area contributed by atoms with Crippen molar-refractivity contribution in [2.45, 2.75) is 33.2 Å². The fourth-order valence-corrected chi connectivity index (χ4v) is 3.30. The molecule has 0 aliphatic carbocycles. The SMILES string of the molecule is CCCCOc1ccc(C(=O)NNC(=O)Cn2c(-c3cccc(C)c3)n[nH]c2=S)cc1OC. The van der Waals surface area contributed by atoms with Gasteiger partial charge in [0.1, 0.15) is 6.54 Å². The van der Waals surface area contributed by atoms with Crippen molar-refractivity contribution in [2.75, 3.05) is 13.7 Å². The molecule has 0 aliphatic heterocycles. The van der Waals surface area contributed by atoms with Crippen LogP contribution in [0.4, 0.5) is 0 Å². The molecule has 33 heavy (non-hydrogen) atoms. The van der Waals surface area contributed by atoms with E-state index in [2.05, 4.69) is 28.0 Å². The minimum absolute atomic E-state index is 0.119. The molecule has 2 amide bonds. The number of H-pyrrole nitrogens is 1. The maximum Gasteiger partial charge on any atom is 0.269 e. The number of nitrogens with one attached hydrogen (secondary N) is 3. The molecule has 0 bridgehead atoms. The van der Waals surface area contributed by atoms with Crippen LogP contribution < -0.4 is 20.3 Å². The van der Waals surface area contributed by atoms with Crippen molar-refractivity contribution in [2.24, 2.45) is 0 Å². The molecule has 3 rings (SSSR count). The summed E-state index contributed by atoms with van der Waals surface area (Å²) in [5.41, 5.74) is 7.02. The fraction of sp³-hybridized carbons (Fsp3) is 0.304. The first-order valence-electron chi connectivity index (χ1n) is 10.5. The molecule has 0 unspecified atom stereocenters. The van der Waals surface area contributed by atoms with Gasteiger partial charge < -0.3 is 9.47 Å². The van der Waals surface area contributed by atoms with Gasteiger partial charge in [-0.05, 0) is 49.8 Å². The number of aromatic nitrogens is 3. The van der Waals surface area contributed by atoms with Crippen LogP contribution in [0.3, 0.4) is 0 Å². The Kier molecular flexibility index (Phi) is 8.20. The summed E-state index contributed by atoms with van der Waals surface area (Å²) in [7, 11) is 1.51. The van der Waals surface area contributed by atoms with E-state index in [0.717, 1.165) is 24.0 Å². The number of aryl methyl sites for hydroxylation is 1. The second-order valence-electron chi connectivity index (χ2n) is 7.38. The van der Waals surface area contributed by atoms with E-state index < -0.39 is 11.8 Å². The predicted molar refractivity (Wildman–Crippen MR) is 127 cm³/mol. The number of hydrogen-bond acceptors (Lipinski definition) is 6. The zero-order valence-corrected chi connectivity index (χ0v) is 19.6. The Balaban J connectivity index is 1.63. The molecule has 0 fully saturated rings. The average Bonchev–Trinajstić information content (AvgIpc) is 3.17. The van der Waals surface area contributed by atoms with E-state index in [1.165, 1.54) is 7.11 Å². The van der Waals surface area contributed by atoms with Gasteiger partial charge in [-0.25, -0.2) is 0 Å². The first-order chi connectivity index (χ1) is 15.9. The summed E-state index contributed by atoms with van der Waals surface area (Å²) >= 11 is 5.27. The van der Waals surface area contributed by atoms with Crippen LogP contribution in [0.25, 0.3) is 11.4 Å². The highest BCUT2D eigenvalue weighted by Gasteiger charge is 2.15. The highest BCUT2D eigenvalue weighted by molar-refractivity contribution is 7.71. The lowest BCUT2D eigenvalue weighted by Crippen LogP contribution is -2.43. The van der Waals surface area contributed by atoms with E-state index in [1.54, 1.807) is 22.8 Å². The summed E-state index contributed by atoms with van der Waals surface area (Å²) in [5.74, 6) is 0.591. The lowest BCUT2D eigenvalue weighted by Gasteiger charge is -2.13. The molecule has 0 saturated heterocycles. The van der Waals surface area contributed by atoms with Crippen molar-refractivity contribution in [3.05, 3.63) is 58.4 Å². The molecule has 0 aliphatic rings. The van der Waals surface area contributed by atoms with Crippen molar-refractivity contribution >= 4 is 24.0 Å². The van der Waals surface area contributed by atoms with Gasteiger partial charge in [0, 0.05) is 11.1 Å². The number of amides is 2. The quantitative estimate of drug-likeness (QED) is 0.251. The second kappa shape index (κ2) is 11.3. The number of hydrogen-bond donors (Lipinski definition) is 3. The van der Waals surface area contributed by atoms with E-state index in [4.69, 9.17) is 21.7 Å². The lowest BCUT2D eigenvalue weighted by molar-refractivity contribution is -0.122. The van der Waals surface area contributed by atoms with E-state index in [0.29, 0.717) is 34.3 Å². The van der Waals surface area contributed by atoms with Crippen molar-refractivity contribution in [1.29, 1.82) is 0 Å². The molecular formula is C23H27N5O4S. The number of nitrogens with zero attached hydrogens (tertiary/aromatic N) is 2. The molecule has 3 aromatic rings. The van der Waals surface area contributed by atoms with Gasteiger partial charge >= 0.3 is 0 Å². The lowest BCUT2D eigenvalue weighted by atomic mass is 10.1. The molecule has 1 heterocycles. The summed E-state index contributed by atoms with van der Waals surface area (Å²) in [6, 6.07) is 12.5. The van der Waals surface area contributed by atoms with Crippen LogP contribution in [-0.4, -0.2) is 40.3 Å². The van der Waals surface area contributed by atoms with Crippen molar-refractivity contribution < 1.29 is 19.1 Å². The summed E-state index contributed by atoms with van der Waals surface area (Å²) in [6.07, 6.45) is 1.93. The normalized spacial score (nSPS) is 10.5. The molecule has 0 radical (unpaired) electrons. The monoisotopic (exact) mass is 469 g/mol. The predicted octanol–water partition coefficient (Wildman–Crippen LogP) is 3.56. The smallest absolute Gasteiger partial charge is 0.269 e. The average molecular weight is 470 g/mol. The molecule has 174 valence electrons. The van der Waals surface area contributed by atoms with Gasteiger partial charge in [-0.15, -0.1) is 0 Å². The highest BCUT2D eigenvalue weighted by atomic mass is 32.1. The van der Waals surface area contributed by atoms with Crippen LogP contribution in [0.2, 0.25) is 0 Å². The highest BCUT2D eigenvalue weighted by Crippen LogP contribution is 2.28. The Labute approximate surface area is 197 Å². The van der Waals surface area contributed by atoms with Crippen LogP contribution in [0.1, 0.15) is 35.7 Å². The fourth-order valence-electron chi connectivity index (χ4n) is 3.11. The Bertz CT molecular complexity index is 1190. The number of unbranched alkanes of at least 4 members (excludes halogenated alkanes) is 1. The Morgan fingerprint density at radius 2 is 1.97 bits per heavy atom. The zero-order valence-electron chi connectivity index (χ0n) is 18.8. The largest absolute Gasteiger partial charge is 0.493 e. The zero-order chi connectivity index (χ0) is 23.8. The van der Waals surface area contributed by atoms with E-state index in [-0.39, 0.29) is 6.54 Å². The van der Waals surface area contributed by atoms with Gasteiger partial charge in [-0.2, -0.15) is 5.10 Å². The topological polar surface area (TPSA) is 110 Å². The number of ether oxygens (including phenoxy) is 2. The number of carbonyl (C=O) groups is 2.